The van der Waals surface area contributed by atoms with Crippen LogP contribution in [-0.4, -0.2) is 0 Å². The van der Waals surface area contributed by atoms with E-state index in [2.05, 4.69) is 0 Å². The maximum atomic E-state index is 8.65. The Kier molecular flexibility index (Phi) is 10.7. The zero-order chi connectivity index (χ0) is 9.00. The quantitative estimate of drug-likeness (QED) is 0.244. The molecule has 0 heterocycles. The summed E-state index contributed by atoms with van der Waals surface area (Å²) in [4.78, 5) is 0. The summed E-state index contributed by atoms with van der Waals surface area (Å²) in [5.74, 6) is 0. The fourth-order valence-corrected chi connectivity index (χ4v) is 0. The monoisotopic (exact) mass is 689 g/mol. The van der Waals surface area contributed by atoms with E-state index in [0.29, 0.717) is 0 Å². The zero-order valence-electron chi connectivity index (χ0n) is 4.42. The Morgan fingerprint density at radius 1 is 0.636 bits per heavy atom. The summed E-state index contributed by atoms with van der Waals surface area (Å²) in [5.41, 5.74) is 0. The molecule has 0 rings (SSSR count). The first-order valence-corrected chi connectivity index (χ1v) is 10.9. The molecule has 0 unspecified atom stereocenters. The second-order valence-corrected chi connectivity index (χ2v) is 6.68. The zero-order valence-corrected chi connectivity index (χ0v) is 12.7. The van der Waals surface area contributed by atoms with Gasteiger partial charge in [0, 0.05) is 20.1 Å². The van der Waals surface area contributed by atoms with Crippen LogP contribution in [0.25, 0.3) is 0 Å². The molecular formula is IrO8W2-4. The average Bonchev–Trinajstić information content (AvgIpc) is 1.12. The van der Waals surface area contributed by atoms with Crippen molar-refractivity contribution in [1.82, 2.24) is 0 Å². The molecule has 0 aromatic carbocycles. The van der Waals surface area contributed by atoms with Crippen molar-refractivity contribution in [2.75, 3.05) is 0 Å². The van der Waals surface area contributed by atoms with Gasteiger partial charge in [0.05, 0.1) is 0 Å². The molecule has 0 N–H and O–H groups in total. The SMILES string of the molecule is [Ir].[O]=[W](=[O])([O-])[O-].[O]=[W](=[O])([O-])[O-]. The first-order chi connectivity index (χ1) is 4.00. The molecule has 11 heavy (non-hydrogen) atoms. The Labute approximate surface area is 81.7 Å². The van der Waals surface area contributed by atoms with Gasteiger partial charge in [-0.25, -0.2) is 0 Å². The molecule has 0 spiro atoms. The van der Waals surface area contributed by atoms with Gasteiger partial charge in [0.25, 0.3) is 0 Å². The Morgan fingerprint density at radius 2 is 0.636 bits per heavy atom. The predicted molar refractivity (Wildman–Crippen MR) is 2.75 cm³/mol. The summed E-state index contributed by atoms with van der Waals surface area (Å²) in [7, 11) is 0. The number of rotatable bonds is 0. The van der Waals surface area contributed by atoms with E-state index in [-0.39, 0.29) is 20.1 Å². The summed E-state index contributed by atoms with van der Waals surface area (Å²) in [6.45, 7) is 0. The molecule has 0 amide bonds. The van der Waals surface area contributed by atoms with Crippen LogP contribution in [0.3, 0.4) is 0 Å². The molecule has 0 fully saturated rings. The van der Waals surface area contributed by atoms with Gasteiger partial charge in [-0.3, -0.25) is 0 Å². The topological polar surface area (TPSA) is 161 Å². The van der Waals surface area contributed by atoms with Crippen molar-refractivity contribution in [2.24, 2.45) is 0 Å². The van der Waals surface area contributed by atoms with Gasteiger partial charge < -0.3 is 0 Å². The third kappa shape index (κ3) is 800. The van der Waals surface area contributed by atoms with E-state index in [9.17, 15) is 0 Å². The van der Waals surface area contributed by atoms with Crippen LogP contribution in [0.2, 0.25) is 0 Å². The van der Waals surface area contributed by atoms with Crippen LogP contribution < -0.4 is 15.0 Å². The molecule has 8 nitrogen and oxygen atoms in total. The summed E-state index contributed by atoms with van der Waals surface area (Å²) >= 11 is -12.3. The summed E-state index contributed by atoms with van der Waals surface area (Å²) in [6.07, 6.45) is 0. The summed E-state index contributed by atoms with van der Waals surface area (Å²) < 4.78 is 69.2. The van der Waals surface area contributed by atoms with Crippen LogP contribution in [0.15, 0.2) is 0 Å². The molecule has 0 saturated carbocycles. The Bertz CT molecular complexity index is 208. The first-order valence-electron chi connectivity index (χ1n) is 1.33. The third-order valence-electron chi connectivity index (χ3n) is 0. The van der Waals surface area contributed by atoms with Crippen molar-refractivity contribution in [3.63, 3.8) is 0 Å². The van der Waals surface area contributed by atoms with E-state index in [0.717, 1.165) is 0 Å². The van der Waals surface area contributed by atoms with Gasteiger partial charge in [-0.1, -0.05) is 0 Å². The predicted octanol–water partition coefficient (Wildman–Crippen LogP) is -5.24. The normalized spacial score (nSPS) is 10.5. The third-order valence-corrected chi connectivity index (χ3v) is 0. The fourth-order valence-electron chi connectivity index (χ4n) is 0. The van der Waals surface area contributed by atoms with Crippen LogP contribution in [0.4, 0.5) is 0 Å². The fraction of sp³-hybridized carbons (Fsp3) is 0. The number of hydrogen-bond donors (Lipinski definition) is 0. The molecule has 0 aromatic rings. The van der Waals surface area contributed by atoms with Crippen molar-refractivity contribution in [2.45, 2.75) is 0 Å². The van der Waals surface area contributed by atoms with E-state index in [1.165, 1.54) is 0 Å². The van der Waals surface area contributed by atoms with Crippen molar-refractivity contribution in [3.05, 3.63) is 0 Å². The summed E-state index contributed by atoms with van der Waals surface area (Å²) in [5, 5.41) is 0. The standard InChI is InChI=1S/Ir.8O.2W/q;;;;;4*-1;;. The maximum absolute atomic E-state index is 8.65. The van der Waals surface area contributed by atoms with Gasteiger partial charge in [0.15, 0.2) is 0 Å². The molecular weight excluding hydrogens is 688 g/mol. The molecule has 11 heteroatoms. The Hall–Kier alpha value is 1.07. The minimum atomic E-state index is -6.17. The average molecular weight is 688 g/mol. The van der Waals surface area contributed by atoms with Gasteiger partial charge in [-0.05, 0) is 0 Å². The first kappa shape index (κ1) is 18.0. The minimum absolute atomic E-state index is 0. The molecule has 0 bridgehead atoms. The van der Waals surface area contributed by atoms with Crippen LogP contribution in [-0.2, 0) is 67.2 Å². The molecule has 0 atom stereocenters. The van der Waals surface area contributed by atoms with Crippen molar-refractivity contribution >= 4 is 0 Å². The molecule has 0 aliphatic carbocycles. The van der Waals surface area contributed by atoms with Crippen LogP contribution in [0.1, 0.15) is 0 Å². The molecule has 0 saturated heterocycles. The van der Waals surface area contributed by atoms with Crippen LogP contribution in [0.5, 0.6) is 0 Å². The molecule has 0 aromatic heterocycles. The van der Waals surface area contributed by atoms with Gasteiger partial charge in [0.1, 0.15) is 0 Å². The molecule has 0 aliphatic heterocycles. The van der Waals surface area contributed by atoms with E-state index in [4.69, 9.17) is 28.6 Å². The summed E-state index contributed by atoms with van der Waals surface area (Å²) in [6, 6.07) is 0. The molecule has 73 valence electrons. The van der Waals surface area contributed by atoms with Crippen LogP contribution in [0, 0.1) is 0 Å². The van der Waals surface area contributed by atoms with Gasteiger partial charge in [-0.2, -0.15) is 0 Å². The second kappa shape index (κ2) is 6.57. The van der Waals surface area contributed by atoms with Crippen LogP contribution >= 0.6 is 0 Å². The van der Waals surface area contributed by atoms with Crippen molar-refractivity contribution in [3.8, 4) is 0 Å². The van der Waals surface area contributed by atoms with E-state index in [1.807, 2.05) is 0 Å². The molecule has 0 aliphatic rings. The number of hydrogen-bond acceptors (Lipinski definition) is 8. The van der Waals surface area contributed by atoms with Crippen molar-refractivity contribution < 1.29 is 82.2 Å². The van der Waals surface area contributed by atoms with Gasteiger partial charge >= 0.3 is 62.1 Å². The van der Waals surface area contributed by atoms with E-state index < -0.39 is 33.5 Å². The van der Waals surface area contributed by atoms with E-state index in [1.54, 1.807) is 0 Å². The Balaban J connectivity index is -0.000000107. The second-order valence-electron chi connectivity index (χ2n) is 0.816. The van der Waals surface area contributed by atoms with Gasteiger partial charge in [0.2, 0.25) is 0 Å². The van der Waals surface area contributed by atoms with Gasteiger partial charge in [-0.15, -0.1) is 0 Å². The Morgan fingerprint density at radius 3 is 0.636 bits per heavy atom. The molecule has 1 radical (unpaired) electrons. The van der Waals surface area contributed by atoms with Crippen molar-refractivity contribution in [1.29, 1.82) is 0 Å². The van der Waals surface area contributed by atoms with E-state index >= 15 is 0 Å².